The van der Waals surface area contributed by atoms with Crippen LogP contribution in [0.4, 0.5) is 0 Å². The highest BCUT2D eigenvalue weighted by molar-refractivity contribution is 5.68. The van der Waals surface area contributed by atoms with E-state index in [2.05, 4.69) is 4.98 Å². The maximum atomic E-state index is 11.9. The Morgan fingerprint density at radius 3 is 2.15 bits per heavy atom. The molecule has 0 radical (unpaired) electrons. The molecule has 0 spiro atoms. The van der Waals surface area contributed by atoms with Gasteiger partial charge in [-0.15, -0.1) is 0 Å². The Hall–Kier alpha value is -2.95. The van der Waals surface area contributed by atoms with Gasteiger partial charge in [-0.1, -0.05) is 0 Å². The number of nitrogens with one attached hydrogen (secondary N) is 1. The minimum absolute atomic E-state index is 0.0953. The Morgan fingerprint density at radius 1 is 1.04 bits per heavy atom. The Labute approximate surface area is 153 Å². The van der Waals surface area contributed by atoms with Crippen LogP contribution in [0.25, 0.3) is 0 Å². The van der Waals surface area contributed by atoms with Crippen LogP contribution in [0.3, 0.4) is 0 Å². The zero-order valence-corrected chi connectivity index (χ0v) is 15.0. The highest BCUT2D eigenvalue weighted by Gasteiger charge is 2.49. The predicted molar refractivity (Wildman–Crippen MR) is 87.7 cm³/mol. The fourth-order valence-electron chi connectivity index (χ4n) is 2.73. The van der Waals surface area contributed by atoms with Gasteiger partial charge < -0.3 is 18.9 Å². The maximum absolute atomic E-state index is 11.9. The second kappa shape index (κ2) is 8.62. The summed E-state index contributed by atoms with van der Waals surface area (Å²) in [6.45, 7) is 3.22. The van der Waals surface area contributed by atoms with E-state index in [0.29, 0.717) is 0 Å². The highest BCUT2D eigenvalue weighted by atomic mass is 16.6. The summed E-state index contributed by atoms with van der Waals surface area (Å²) in [7, 11) is 0. The summed E-state index contributed by atoms with van der Waals surface area (Å²) >= 11 is 0. The molecule has 2 heterocycles. The molecule has 0 aromatic carbocycles. The van der Waals surface area contributed by atoms with E-state index in [0.717, 1.165) is 10.6 Å². The normalized spacial score (nSPS) is 24.3. The first-order valence-electron chi connectivity index (χ1n) is 8.10. The van der Waals surface area contributed by atoms with Crippen molar-refractivity contribution in [2.45, 2.75) is 51.7 Å². The molecule has 0 amide bonds. The van der Waals surface area contributed by atoms with Crippen LogP contribution >= 0.6 is 0 Å². The molecule has 0 saturated carbocycles. The molecule has 148 valence electrons. The van der Waals surface area contributed by atoms with Gasteiger partial charge in [0.15, 0.2) is 12.2 Å². The molecule has 1 aromatic heterocycles. The number of hydrogen-bond acceptors (Lipinski definition) is 9. The van der Waals surface area contributed by atoms with Crippen LogP contribution < -0.4 is 11.2 Å². The van der Waals surface area contributed by atoms with Gasteiger partial charge in [-0.25, -0.2) is 4.79 Å². The summed E-state index contributed by atoms with van der Waals surface area (Å²) in [6.07, 6.45) is -2.59. The van der Waals surface area contributed by atoms with Gasteiger partial charge in [0.1, 0.15) is 18.8 Å². The van der Waals surface area contributed by atoms with Gasteiger partial charge in [0.25, 0.3) is 5.56 Å². The molecule has 1 aromatic rings. The van der Waals surface area contributed by atoms with Crippen molar-refractivity contribution in [3.8, 4) is 0 Å². The van der Waals surface area contributed by atoms with Crippen molar-refractivity contribution in [2.24, 2.45) is 0 Å². The van der Waals surface area contributed by atoms with Crippen molar-refractivity contribution < 1.29 is 33.3 Å². The second-order valence-corrected chi connectivity index (χ2v) is 5.93. The van der Waals surface area contributed by atoms with Gasteiger partial charge in [-0.2, -0.15) is 0 Å². The number of carbonyl (C=O) groups is 3. The molecule has 11 heteroatoms. The molecule has 0 aliphatic carbocycles. The van der Waals surface area contributed by atoms with Gasteiger partial charge in [0.2, 0.25) is 0 Å². The zero-order valence-electron chi connectivity index (χ0n) is 15.0. The van der Waals surface area contributed by atoms with Crippen LogP contribution in [-0.4, -0.2) is 58.5 Å². The first-order chi connectivity index (χ1) is 12.7. The van der Waals surface area contributed by atoms with Gasteiger partial charge in [-0.05, 0) is 0 Å². The molecular formula is C16H20N2O9. The standard InChI is InChI=1S/C16H20N2O9/c1-8(19)24-7-12-15(26-10(3)21)14(25-9(2)20)11(27-12)6-18-5-4-13(22)17-16(18)23/h4-5,11-12,14-15H,6-7H2,1-3H3,(H,17,22,23)/t11-,12+,14-,15+/m0/s1. The largest absolute Gasteiger partial charge is 0.463 e. The number of aromatic amines is 1. The van der Waals surface area contributed by atoms with Crippen LogP contribution in [0.2, 0.25) is 0 Å². The molecule has 27 heavy (non-hydrogen) atoms. The number of carbonyl (C=O) groups excluding carboxylic acids is 3. The zero-order chi connectivity index (χ0) is 20.1. The summed E-state index contributed by atoms with van der Waals surface area (Å²) in [4.78, 5) is 59.2. The van der Waals surface area contributed by atoms with Crippen molar-refractivity contribution in [3.05, 3.63) is 33.1 Å². The Bertz CT molecular complexity index is 828. The van der Waals surface area contributed by atoms with Crippen LogP contribution in [0.5, 0.6) is 0 Å². The molecule has 1 saturated heterocycles. The van der Waals surface area contributed by atoms with E-state index < -0.39 is 53.6 Å². The lowest BCUT2D eigenvalue weighted by atomic mass is 10.1. The fraction of sp³-hybridized carbons (Fsp3) is 0.562. The van der Waals surface area contributed by atoms with E-state index in [-0.39, 0.29) is 13.2 Å². The quantitative estimate of drug-likeness (QED) is 0.469. The number of aromatic nitrogens is 2. The Kier molecular flexibility index (Phi) is 6.50. The number of rotatable bonds is 6. The molecule has 11 nitrogen and oxygen atoms in total. The van der Waals surface area contributed by atoms with Gasteiger partial charge >= 0.3 is 23.6 Å². The summed E-state index contributed by atoms with van der Waals surface area (Å²) in [6, 6.07) is 1.15. The molecule has 2 rings (SSSR count). The molecule has 1 N–H and O–H groups in total. The third-order valence-electron chi connectivity index (χ3n) is 3.73. The van der Waals surface area contributed by atoms with Crippen molar-refractivity contribution in [3.63, 3.8) is 0 Å². The molecule has 1 aliphatic heterocycles. The third-order valence-corrected chi connectivity index (χ3v) is 3.73. The summed E-state index contributed by atoms with van der Waals surface area (Å²) in [5, 5.41) is 0. The van der Waals surface area contributed by atoms with Crippen molar-refractivity contribution >= 4 is 17.9 Å². The first kappa shape index (κ1) is 20.4. The SMILES string of the molecule is CC(=O)OC[C@H]1O[C@@H](Cn2ccc(=O)[nH]c2=O)[C@H](OC(C)=O)[C@@H]1OC(C)=O. The van der Waals surface area contributed by atoms with Gasteiger partial charge in [0.05, 0.1) is 6.54 Å². The highest BCUT2D eigenvalue weighted by Crippen LogP contribution is 2.28. The van der Waals surface area contributed by atoms with Gasteiger partial charge in [0, 0.05) is 33.0 Å². The van der Waals surface area contributed by atoms with Crippen molar-refractivity contribution in [2.75, 3.05) is 6.61 Å². The van der Waals surface area contributed by atoms with Gasteiger partial charge in [-0.3, -0.25) is 28.7 Å². The van der Waals surface area contributed by atoms with Crippen LogP contribution in [-0.2, 0) is 39.9 Å². The van der Waals surface area contributed by atoms with Crippen molar-refractivity contribution in [1.82, 2.24) is 9.55 Å². The average Bonchev–Trinajstić information content (AvgIpc) is 2.84. The van der Waals surface area contributed by atoms with E-state index in [1.54, 1.807) is 0 Å². The Morgan fingerprint density at radius 2 is 1.63 bits per heavy atom. The van der Waals surface area contributed by atoms with E-state index in [1.807, 2.05) is 0 Å². The summed E-state index contributed by atoms with van der Waals surface area (Å²) in [5.41, 5.74) is -1.24. The number of ether oxygens (including phenoxy) is 4. The molecule has 0 bridgehead atoms. The molecule has 0 unspecified atom stereocenters. The van der Waals surface area contributed by atoms with E-state index in [1.165, 1.54) is 27.0 Å². The topological polar surface area (TPSA) is 143 Å². The summed E-state index contributed by atoms with van der Waals surface area (Å²) < 4.78 is 22.3. The van der Waals surface area contributed by atoms with E-state index in [4.69, 9.17) is 18.9 Å². The number of nitrogens with zero attached hydrogens (tertiary/aromatic N) is 1. The minimum atomic E-state index is -1.04. The average molecular weight is 384 g/mol. The Balaban J connectivity index is 2.29. The maximum Gasteiger partial charge on any atom is 0.328 e. The molecule has 1 fully saturated rings. The fourth-order valence-corrected chi connectivity index (χ4v) is 2.73. The van der Waals surface area contributed by atoms with Crippen LogP contribution in [0.1, 0.15) is 20.8 Å². The number of esters is 3. The number of hydrogen-bond donors (Lipinski definition) is 1. The van der Waals surface area contributed by atoms with E-state index in [9.17, 15) is 24.0 Å². The second-order valence-electron chi connectivity index (χ2n) is 5.93. The first-order valence-corrected chi connectivity index (χ1v) is 8.10. The number of H-pyrrole nitrogens is 1. The smallest absolute Gasteiger partial charge is 0.328 e. The minimum Gasteiger partial charge on any atom is -0.463 e. The lowest BCUT2D eigenvalue weighted by Crippen LogP contribution is -2.43. The van der Waals surface area contributed by atoms with Crippen molar-refractivity contribution in [1.29, 1.82) is 0 Å². The van der Waals surface area contributed by atoms with Crippen LogP contribution in [0.15, 0.2) is 21.9 Å². The van der Waals surface area contributed by atoms with E-state index >= 15 is 0 Å². The predicted octanol–water partition coefficient (Wildman–Crippen LogP) is -1.27. The molecular weight excluding hydrogens is 364 g/mol. The lowest BCUT2D eigenvalue weighted by molar-refractivity contribution is -0.165. The molecule has 4 atom stereocenters. The third kappa shape index (κ3) is 5.51. The lowest BCUT2D eigenvalue weighted by Gasteiger charge is -2.23. The molecule has 1 aliphatic rings. The van der Waals surface area contributed by atoms with Crippen LogP contribution in [0, 0.1) is 0 Å². The summed E-state index contributed by atoms with van der Waals surface area (Å²) in [5.74, 6) is -1.85. The monoisotopic (exact) mass is 384 g/mol.